The van der Waals surface area contributed by atoms with Crippen molar-refractivity contribution in [3.05, 3.63) is 0 Å². The van der Waals surface area contributed by atoms with Gasteiger partial charge >= 0.3 is 0 Å². The normalized spacial score (nSPS) is 20.8. The smallest absolute Gasteiger partial charge is 0.0936 e. The Bertz CT molecular complexity index is 193. The lowest BCUT2D eigenvalue weighted by Crippen LogP contribution is -2.30. The van der Waals surface area contributed by atoms with Crippen molar-refractivity contribution in [2.24, 2.45) is 16.6 Å². The second-order valence-corrected chi connectivity index (χ2v) is 4.66. The molecule has 88 valence electrons. The third-order valence-corrected chi connectivity index (χ3v) is 3.20. The lowest BCUT2D eigenvalue weighted by Gasteiger charge is -2.28. The summed E-state index contributed by atoms with van der Waals surface area (Å²) in [5.74, 6) is 1.71. The molecular formula is C12H25N3. The summed E-state index contributed by atoms with van der Waals surface area (Å²) in [7, 11) is 2.20. The van der Waals surface area contributed by atoms with Crippen molar-refractivity contribution < 1.29 is 0 Å². The van der Waals surface area contributed by atoms with E-state index in [1.807, 2.05) is 0 Å². The average Bonchev–Trinajstić information content (AvgIpc) is 2.21. The summed E-state index contributed by atoms with van der Waals surface area (Å²) in [4.78, 5) is 6.82. The van der Waals surface area contributed by atoms with Crippen molar-refractivity contribution in [3.8, 4) is 0 Å². The Labute approximate surface area is 93.7 Å². The van der Waals surface area contributed by atoms with E-state index in [1.165, 1.54) is 32.4 Å². The van der Waals surface area contributed by atoms with Gasteiger partial charge < -0.3 is 10.6 Å². The molecule has 1 fully saturated rings. The zero-order chi connectivity index (χ0) is 11.1. The molecule has 3 heteroatoms. The van der Waals surface area contributed by atoms with Crippen LogP contribution in [0.2, 0.25) is 0 Å². The van der Waals surface area contributed by atoms with E-state index in [0.717, 1.165) is 31.1 Å². The first kappa shape index (κ1) is 12.5. The van der Waals surface area contributed by atoms with Crippen LogP contribution in [0.5, 0.6) is 0 Å². The second-order valence-electron chi connectivity index (χ2n) is 4.66. The van der Waals surface area contributed by atoms with Crippen LogP contribution in [0.4, 0.5) is 0 Å². The molecule has 1 heterocycles. The molecule has 3 nitrogen and oxygen atoms in total. The van der Waals surface area contributed by atoms with Crippen LogP contribution in [-0.2, 0) is 0 Å². The molecular weight excluding hydrogens is 186 g/mol. The molecule has 0 aromatic rings. The topological polar surface area (TPSA) is 41.6 Å². The average molecular weight is 211 g/mol. The highest BCUT2D eigenvalue weighted by molar-refractivity contribution is 5.80. The maximum absolute atomic E-state index is 5.76. The summed E-state index contributed by atoms with van der Waals surface area (Å²) in [6.45, 7) is 5.57. The Morgan fingerprint density at radius 1 is 1.40 bits per heavy atom. The van der Waals surface area contributed by atoms with Gasteiger partial charge in [-0.1, -0.05) is 6.92 Å². The Morgan fingerprint density at radius 2 is 2.07 bits per heavy atom. The molecule has 1 saturated heterocycles. The molecule has 0 amide bonds. The summed E-state index contributed by atoms with van der Waals surface area (Å²) < 4.78 is 0. The van der Waals surface area contributed by atoms with E-state index in [9.17, 15) is 0 Å². The summed E-state index contributed by atoms with van der Waals surface area (Å²) >= 11 is 0. The number of hydrogen-bond donors (Lipinski definition) is 1. The number of piperidine rings is 1. The molecule has 0 spiro atoms. The molecule has 0 aromatic carbocycles. The highest BCUT2D eigenvalue weighted by Crippen LogP contribution is 2.19. The Balaban J connectivity index is 2.12. The van der Waals surface area contributed by atoms with Crippen LogP contribution >= 0.6 is 0 Å². The molecule has 0 bridgehead atoms. The van der Waals surface area contributed by atoms with Crippen molar-refractivity contribution in [3.63, 3.8) is 0 Å². The summed E-state index contributed by atoms with van der Waals surface area (Å²) in [5.41, 5.74) is 5.76. The van der Waals surface area contributed by atoms with E-state index >= 15 is 0 Å². The van der Waals surface area contributed by atoms with Gasteiger partial charge in [-0.15, -0.1) is 0 Å². The quantitative estimate of drug-likeness (QED) is 0.557. The summed E-state index contributed by atoms with van der Waals surface area (Å²) in [5, 5.41) is 0. The molecule has 0 unspecified atom stereocenters. The van der Waals surface area contributed by atoms with Gasteiger partial charge in [0.25, 0.3) is 0 Å². The van der Waals surface area contributed by atoms with Gasteiger partial charge in [0, 0.05) is 13.0 Å². The van der Waals surface area contributed by atoms with Gasteiger partial charge in [0.15, 0.2) is 0 Å². The summed E-state index contributed by atoms with van der Waals surface area (Å²) in [6.07, 6.45) is 5.94. The van der Waals surface area contributed by atoms with Crippen LogP contribution in [-0.4, -0.2) is 37.4 Å². The predicted octanol–water partition coefficient (Wildman–Crippen LogP) is 1.88. The van der Waals surface area contributed by atoms with E-state index < -0.39 is 0 Å². The first-order valence-corrected chi connectivity index (χ1v) is 6.19. The molecule has 0 aromatic heterocycles. The Morgan fingerprint density at radius 3 is 2.67 bits per heavy atom. The Hall–Kier alpha value is -0.570. The number of rotatable bonds is 5. The van der Waals surface area contributed by atoms with Crippen LogP contribution in [0, 0.1) is 5.92 Å². The van der Waals surface area contributed by atoms with E-state index in [2.05, 4.69) is 23.9 Å². The third-order valence-electron chi connectivity index (χ3n) is 3.20. The third kappa shape index (κ3) is 5.17. The SMILES string of the molecule is CCCC(N)=NCCC1CCN(C)CC1. The fourth-order valence-corrected chi connectivity index (χ4v) is 2.08. The monoisotopic (exact) mass is 211 g/mol. The van der Waals surface area contributed by atoms with Crippen LogP contribution in [0.1, 0.15) is 39.0 Å². The highest BCUT2D eigenvalue weighted by atomic mass is 15.1. The fourth-order valence-electron chi connectivity index (χ4n) is 2.08. The van der Waals surface area contributed by atoms with E-state index in [-0.39, 0.29) is 0 Å². The maximum Gasteiger partial charge on any atom is 0.0936 e. The molecule has 1 aliphatic heterocycles. The fraction of sp³-hybridized carbons (Fsp3) is 0.917. The van der Waals surface area contributed by atoms with Gasteiger partial charge in [-0.3, -0.25) is 4.99 Å². The Kier molecular flexibility index (Phi) is 5.69. The molecule has 0 aliphatic carbocycles. The minimum absolute atomic E-state index is 0.838. The van der Waals surface area contributed by atoms with Gasteiger partial charge in [-0.2, -0.15) is 0 Å². The molecule has 0 saturated carbocycles. The zero-order valence-electron chi connectivity index (χ0n) is 10.2. The van der Waals surface area contributed by atoms with Crippen molar-refractivity contribution in [2.45, 2.75) is 39.0 Å². The predicted molar refractivity (Wildman–Crippen MR) is 66.2 cm³/mol. The van der Waals surface area contributed by atoms with Crippen LogP contribution in [0.3, 0.4) is 0 Å². The minimum atomic E-state index is 0.838. The van der Waals surface area contributed by atoms with Gasteiger partial charge in [0.2, 0.25) is 0 Å². The minimum Gasteiger partial charge on any atom is -0.387 e. The highest BCUT2D eigenvalue weighted by Gasteiger charge is 2.15. The molecule has 2 N–H and O–H groups in total. The van der Waals surface area contributed by atoms with E-state index in [0.29, 0.717) is 0 Å². The number of nitrogens with two attached hydrogens (primary N) is 1. The number of hydrogen-bond acceptors (Lipinski definition) is 2. The lowest BCUT2D eigenvalue weighted by atomic mass is 9.94. The molecule has 1 aliphatic rings. The number of aliphatic imine (C=N–C) groups is 1. The van der Waals surface area contributed by atoms with Crippen LogP contribution < -0.4 is 5.73 Å². The zero-order valence-corrected chi connectivity index (χ0v) is 10.2. The number of amidine groups is 1. The molecule has 15 heavy (non-hydrogen) atoms. The second kappa shape index (κ2) is 6.83. The summed E-state index contributed by atoms with van der Waals surface area (Å²) in [6, 6.07) is 0. The first-order chi connectivity index (χ1) is 7.22. The number of nitrogens with zero attached hydrogens (tertiary/aromatic N) is 2. The largest absolute Gasteiger partial charge is 0.387 e. The maximum atomic E-state index is 5.76. The van der Waals surface area contributed by atoms with Crippen molar-refractivity contribution in [1.82, 2.24) is 4.90 Å². The standard InChI is InChI=1S/C12H25N3/c1-3-4-12(13)14-8-5-11-6-9-15(2)10-7-11/h11H,3-10H2,1-2H3,(H2,13,14). The van der Waals surface area contributed by atoms with Crippen LogP contribution in [0.25, 0.3) is 0 Å². The first-order valence-electron chi connectivity index (χ1n) is 6.19. The van der Waals surface area contributed by atoms with Crippen molar-refractivity contribution >= 4 is 5.84 Å². The van der Waals surface area contributed by atoms with Crippen molar-refractivity contribution in [1.29, 1.82) is 0 Å². The van der Waals surface area contributed by atoms with E-state index in [1.54, 1.807) is 0 Å². The molecule has 1 rings (SSSR count). The lowest BCUT2D eigenvalue weighted by molar-refractivity contribution is 0.214. The molecule has 0 atom stereocenters. The molecule has 0 radical (unpaired) electrons. The van der Waals surface area contributed by atoms with Gasteiger partial charge in [0.05, 0.1) is 5.84 Å². The van der Waals surface area contributed by atoms with Gasteiger partial charge in [0.1, 0.15) is 0 Å². The van der Waals surface area contributed by atoms with E-state index in [4.69, 9.17) is 5.73 Å². The number of likely N-dealkylation sites (tertiary alicyclic amines) is 1. The van der Waals surface area contributed by atoms with Gasteiger partial charge in [-0.05, 0) is 51.7 Å². The van der Waals surface area contributed by atoms with Crippen molar-refractivity contribution in [2.75, 3.05) is 26.7 Å². The van der Waals surface area contributed by atoms with Gasteiger partial charge in [-0.25, -0.2) is 0 Å². The van der Waals surface area contributed by atoms with Crippen LogP contribution in [0.15, 0.2) is 4.99 Å².